The molecule has 3 rings (SSSR count). The van der Waals surface area contributed by atoms with Gasteiger partial charge < -0.3 is 14.6 Å². The molecule has 0 atom stereocenters. The van der Waals surface area contributed by atoms with E-state index in [2.05, 4.69) is 5.32 Å². The van der Waals surface area contributed by atoms with E-state index in [1.807, 2.05) is 11.0 Å². The van der Waals surface area contributed by atoms with Gasteiger partial charge in [0.2, 0.25) is 5.91 Å². The molecule has 1 aliphatic heterocycles. The second-order valence-electron chi connectivity index (χ2n) is 6.46. The standard InChI is InChI=1S/C19H20Cl2N2O3/c1-12-2-5-17(26-12)19(25)22-14-6-8-23(9-7-14)18(24)11-13-3-4-15(20)16(21)10-13/h2-5,10,14H,6-9,11H2,1H3,(H,22,25). The molecule has 2 heterocycles. The summed E-state index contributed by atoms with van der Waals surface area (Å²) < 4.78 is 5.33. The Balaban J connectivity index is 1.49. The average molecular weight is 395 g/mol. The number of furan rings is 1. The largest absolute Gasteiger partial charge is 0.456 e. The lowest BCUT2D eigenvalue weighted by molar-refractivity contribution is -0.131. The number of hydrogen-bond acceptors (Lipinski definition) is 3. The van der Waals surface area contributed by atoms with E-state index < -0.39 is 0 Å². The van der Waals surface area contributed by atoms with Crippen LogP contribution in [-0.2, 0) is 11.2 Å². The molecule has 0 radical (unpaired) electrons. The first-order valence-corrected chi connectivity index (χ1v) is 9.27. The van der Waals surface area contributed by atoms with Crippen molar-refractivity contribution in [2.45, 2.75) is 32.2 Å². The Morgan fingerprint density at radius 2 is 1.88 bits per heavy atom. The zero-order chi connectivity index (χ0) is 18.7. The molecule has 26 heavy (non-hydrogen) atoms. The second kappa shape index (κ2) is 8.14. The number of rotatable bonds is 4. The molecule has 1 aromatic heterocycles. The second-order valence-corrected chi connectivity index (χ2v) is 7.28. The van der Waals surface area contributed by atoms with Crippen LogP contribution in [0.4, 0.5) is 0 Å². The van der Waals surface area contributed by atoms with Crippen molar-refractivity contribution in [2.75, 3.05) is 13.1 Å². The molecular weight excluding hydrogens is 375 g/mol. The van der Waals surface area contributed by atoms with Crippen molar-refractivity contribution >= 4 is 35.0 Å². The number of amides is 2. The predicted octanol–water partition coefficient (Wildman–Crippen LogP) is 3.86. The SMILES string of the molecule is Cc1ccc(C(=O)NC2CCN(C(=O)Cc3ccc(Cl)c(Cl)c3)CC2)o1. The van der Waals surface area contributed by atoms with Gasteiger partial charge in [0.25, 0.3) is 5.91 Å². The van der Waals surface area contributed by atoms with Crippen molar-refractivity contribution in [3.05, 3.63) is 57.5 Å². The molecule has 0 bridgehead atoms. The number of benzene rings is 1. The number of hydrogen-bond donors (Lipinski definition) is 1. The van der Waals surface area contributed by atoms with E-state index in [1.165, 1.54) is 0 Å². The first kappa shape index (κ1) is 18.8. The third kappa shape index (κ3) is 4.59. The Kier molecular flexibility index (Phi) is 5.89. The van der Waals surface area contributed by atoms with Crippen molar-refractivity contribution < 1.29 is 14.0 Å². The van der Waals surface area contributed by atoms with E-state index in [-0.39, 0.29) is 17.9 Å². The minimum Gasteiger partial charge on any atom is -0.456 e. The summed E-state index contributed by atoms with van der Waals surface area (Å²) in [6.45, 7) is 3.03. The van der Waals surface area contributed by atoms with Gasteiger partial charge in [0.1, 0.15) is 5.76 Å². The van der Waals surface area contributed by atoms with Gasteiger partial charge in [0.15, 0.2) is 5.76 Å². The van der Waals surface area contributed by atoms with Gasteiger partial charge in [-0.2, -0.15) is 0 Å². The van der Waals surface area contributed by atoms with Crippen LogP contribution >= 0.6 is 23.2 Å². The minimum atomic E-state index is -0.210. The summed E-state index contributed by atoms with van der Waals surface area (Å²) in [5, 5.41) is 3.90. The fourth-order valence-corrected chi connectivity index (χ4v) is 3.34. The number of carbonyl (C=O) groups is 2. The number of piperidine rings is 1. The van der Waals surface area contributed by atoms with Gasteiger partial charge in [-0.1, -0.05) is 29.3 Å². The molecule has 7 heteroatoms. The number of carbonyl (C=O) groups excluding carboxylic acids is 2. The zero-order valence-electron chi connectivity index (χ0n) is 14.4. The van der Waals surface area contributed by atoms with Crippen LogP contribution in [0.1, 0.15) is 34.7 Å². The van der Waals surface area contributed by atoms with E-state index in [0.29, 0.717) is 41.1 Å². The highest BCUT2D eigenvalue weighted by molar-refractivity contribution is 6.42. The van der Waals surface area contributed by atoms with E-state index in [9.17, 15) is 9.59 Å². The maximum atomic E-state index is 12.5. The van der Waals surface area contributed by atoms with Crippen LogP contribution in [0.25, 0.3) is 0 Å². The molecule has 1 fully saturated rings. The number of halogens is 2. The highest BCUT2D eigenvalue weighted by Gasteiger charge is 2.25. The fraction of sp³-hybridized carbons (Fsp3) is 0.368. The highest BCUT2D eigenvalue weighted by atomic mass is 35.5. The first-order valence-electron chi connectivity index (χ1n) is 8.51. The molecule has 2 aromatic rings. The zero-order valence-corrected chi connectivity index (χ0v) is 15.9. The average Bonchev–Trinajstić information content (AvgIpc) is 3.05. The lowest BCUT2D eigenvalue weighted by Gasteiger charge is -2.32. The smallest absolute Gasteiger partial charge is 0.287 e. The van der Waals surface area contributed by atoms with Crippen molar-refractivity contribution in [2.24, 2.45) is 0 Å². The van der Waals surface area contributed by atoms with Gasteiger partial charge in [-0.05, 0) is 49.6 Å². The van der Waals surface area contributed by atoms with E-state index in [1.54, 1.807) is 31.2 Å². The molecule has 1 saturated heterocycles. The monoisotopic (exact) mass is 394 g/mol. The summed E-state index contributed by atoms with van der Waals surface area (Å²) in [5.41, 5.74) is 0.841. The van der Waals surface area contributed by atoms with Gasteiger partial charge in [-0.15, -0.1) is 0 Å². The molecular formula is C19H20Cl2N2O3. The summed E-state index contributed by atoms with van der Waals surface area (Å²) in [6.07, 6.45) is 1.73. The molecule has 0 spiro atoms. The maximum absolute atomic E-state index is 12.5. The third-order valence-corrected chi connectivity index (χ3v) is 5.23. The lowest BCUT2D eigenvalue weighted by atomic mass is 10.0. The molecule has 1 N–H and O–H groups in total. The number of aryl methyl sites for hydroxylation is 1. The van der Waals surface area contributed by atoms with Crippen molar-refractivity contribution in [3.8, 4) is 0 Å². The predicted molar refractivity (Wildman–Crippen MR) is 101 cm³/mol. The van der Waals surface area contributed by atoms with E-state index >= 15 is 0 Å². The summed E-state index contributed by atoms with van der Waals surface area (Å²) in [7, 11) is 0. The summed E-state index contributed by atoms with van der Waals surface area (Å²) >= 11 is 11.9. The minimum absolute atomic E-state index is 0.0435. The topological polar surface area (TPSA) is 62.6 Å². The molecule has 0 saturated carbocycles. The van der Waals surface area contributed by atoms with Gasteiger partial charge in [0.05, 0.1) is 16.5 Å². The molecule has 1 aliphatic rings. The Labute approximate surface area is 162 Å². The summed E-state index contributed by atoms with van der Waals surface area (Å²) in [5.74, 6) is 0.868. The maximum Gasteiger partial charge on any atom is 0.287 e. The fourth-order valence-electron chi connectivity index (χ4n) is 3.02. The molecule has 1 aromatic carbocycles. The molecule has 2 amide bonds. The summed E-state index contributed by atoms with van der Waals surface area (Å²) in [4.78, 5) is 26.4. The van der Waals surface area contributed by atoms with Crippen molar-refractivity contribution in [3.63, 3.8) is 0 Å². The van der Waals surface area contributed by atoms with Crippen LogP contribution in [0.3, 0.4) is 0 Å². The van der Waals surface area contributed by atoms with Gasteiger partial charge >= 0.3 is 0 Å². The van der Waals surface area contributed by atoms with Crippen LogP contribution < -0.4 is 5.32 Å². The summed E-state index contributed by atoms with van der Waals surface area (Å²) in [6, 6.07) is 8.71. The van der Waals surface area contributed by atoms with Crippen LogP contribution in [0.2, 0.25) is 10.0 Å². The van der Waals surface area contributed by atoms with Crippen molar-refractivity contribution in [1.82, 2.24) is 10.2 Å². The Morgan fingerprint density at radius 3 is 2.50 bits per heavy atom. The van der Waals surface area contributed by atoms with Gasteiger partial charge in [0, 0.05) is 19.1 Å². The lowest BCUT2D eigenvalue weighted by Crippen LogP contribution is -2.46. The first-order chi connectivity index (χ1) is 12.4. The van der Waals surface area contributed by atoms with E-state index in [4.69, 9.17) is 27.6 Å². The molecule has 5 nitrogen and oxygen atoms in total. The molecule has 138 valence electrons. The van der Waals surface area contributed by atoms with Gasteiger partial charge in [-0.3, -0.25) is 9.59 Å². The van der Waals surface area contributed by atoms with E-state index in [0.717, 1.165) is 18.4 Å². The Morgan fingerprint density at radius 1 is 1.15 bits per heavy atom. The van der Waals surface area contributed by atoms with Crippen LogP contribution in [0.5, 0.6) is 0 Å². The molecule has 0 aliphatic carbocycles. The number of nitrogens with one attached hydrogen (secondary N) is 1. The van der Waals surface area contributed by atoms with Crippen LogP contribution in [0.15, 0.2) is 34.7 Å². The normalized spacial score (nSPS) is 15.1. The van der Waals surface area contributed by atoms with Crippen LogP contribution in [0, 0.1) is 6.92 Å². The Hall–Kier alpha value is -1.98. The Bertz CT molecular complexity index is 811. The quantitative estimate of drug-likeness (QED) is 0.855. The molecule has 0 unspecified atom stereocenters. The van der Waals surface area contributed by atoms with Crippen molar-refractivity contribution in [1.29, 1.82) is 0 Å². The number of likely N-dealkylation sites (tertiary alicyclic amines) is 1. The van der Waals surface area contributed by atoms with Crippen LogP contribution in [-0.4, -0.2) is 35.8 Å². The number of nitrogens with zero attached hydrogens (tertiary/aromatic N) is 1. The third-order valence-electron chi connectivity index (χ3n) is 4.49. The van der Waals surface area contributed by atoms with Gasteiger partial charge in [-0.25, -0.2) is 0 Å². The highest BCUT2D eigenvalue weighted by Crippen LogP contribution is 2.23.